The number of halogens is 1. The summed E-state index contributed by atoms with van der Waals surface area (Å²) in [7, 11) is 0. The number of nitrogens with zero attached hydrogens (tertiary/aromatic N) is 5. The molecule has 2 aromatic heterocycles. The number of fused-ring (bicyclic) bond motifs is 1. The molecule has 0 radical (unpaired) electrons. The van der Waals surface area contributed by atoms with Crippen LogP contribution in [0, 0.1) is 5.82 Å². The Balaban J connectivity index is 1.46. The van der Waals surface area contributed by atoms with E-state index in [-0.39, 0.29) is 5.82 Å². The fourth-order valence-corrected chi connectivity index (χ4v) is 3.06. The van der Waals surface area contributed by atoms with Gasteiger partial charge in [0.2, 0.25) is 0 Å². The van der Waals surface area contributed by atoms with Crippen molar-refractivity contribution in [3.63, 3.8) is 0 Å². The minimum Gasteiger partial charge on any atom is -0.390 e. The van der Waals surface area contributed by atoms with Crippen LogP contribution in [0.2, 0.25) is 0 Å². The van der Waals surface area contributed by atoms with Crippen molar-refractivity contribution >= 4 is 11.5 Å². The molecule has 3 aromatic rings. The van der Waals surface area contributed by atoms with E-state index in [1.54, 1.807) is 30.3 Å². The number of β-amino-alcohol motifs (C(OH)–C–C–N with tert-alkyl or cyclic N) is 1. The van der Waals surface area contributed by atoms with Gasteiger partial charge < -0.3 is 15.2 Å². The number of ether oxygens (including phenoxy) is 1. The maximum atomic E-state index is 14.1. The lowest BCUT2D eigenvalue weighted by Crippen LogP contribution is -2.42. The molecule has 1 fully saturated rings. The van der Waals surface area contributed by atoms with Gasteiger partial charge in [-0.1, -0.05) is 12.1 Å². The zero-order valence-electron chi connectivity index (χ0n) is 14.8. The standard InChI is InChI=1S/C18H21FN6O2/c19-15-4-2-1-3-14(15)18-22-21-17-6-5-16(23-25(17)18)20-11-13(26)12-24-7-9-27-10-8-24/h1-6,13,26H,7-12H2,(H,20,23). The first-order valence-electron chi connectivity index (χ1n) is 8.90. The zero-order valence-corrected chi connectivity index (χ0v) is 14.8. The molecule has 0 bridgehead atoms. The highest BCUT2D eigenvalue weighted by Gasteiger charge is 2.16. The molecular formula is C18H21FN6O2. The lowest BCUT2D eigenvalue weighted by molar-refractivity contribution is 0.0171. The van der Waals surface area contributed by atoms with Crippen LogP contribution in [0.15, 0.2) is 36.4 Å². The van der Waals surface area contributed by atoms with Crippen LogP contribution in [0.3, 0.4) is 0 Å². The van der Waals surface area contributed by atoms with Crippen molar-refractivity contribution in [3.8, 4) is 11.4 Å². The SMILES string of the molecule is OC(CNc1ccc2nnc(-c3ccccc3F)n2n1)CN1CCOCC1. The number of hydrogen-bond acceptors (Lipinski definition) is 7. The highest BCUT2D eigenvalue weighted by Crippen LogP contribution is 2.21. The van der Waals surface area contributed by atoms with Crippen LogP contribution in [-0.4, -0.2) is 75.3 Å². The van der Waals surface area contributed by atoms with E-state index in [1.165, 1.54) is 10.6 Å². The molecule has 1 atom stereocenters. The summed E-state index contributed by atoms with van der Waals surface area (Å²) < 4.78 is 20.9. The molecule has 1 saturated heterocycles. The second-order valence-corrected chi connectivity index (χ2v) is 6.44. The predicted molar refractivity (Wildman–Crippen MR) is 97.9 cm³/mol. The molecule has 142 valence electrons. The summed E-state index contributed by atoms with van der Waals surface area (Å²) in [6.45, 7) is 3.98. The zero-order chi connectivity index (χ0) is 18.6. The molecule has 1 aromatic carbocycles. The maximum absolute atomic E-state index is 14.1. The molecule has 1 unspecified atom stereocenters. The summed E-state index contributed by atoms with van der Waals surface area (Å²) in [4.78, 5) is 2.17. The summed E-state index contributed by atoms with van der Waals surface area (Å²) in [5, 5.41) is 25.9. The van der Waals surface area contributed by atoms with Crippen LogP contribution < -0.4 is 5.32 Å². The van der Waals surface area contributed by atoms with Gasteiger partial charge in [-0.2, -0.15) is 4.52 Å². The molecular weight excluding hydrogens is 351 g/mol. The maximum Gasteiger partial charge on any atom is 0.188 e. The number of aliphatic hydroxyl groups excluding tert-OH is 1. The van der Waals surface area contributed by atoms with E-state index in [1.807, 2.05) is 0 Å². The first-order chi connectivity index (χ1) is 13.2. The van der Waals surface area contributed by atoms with Gasteiger partial charge in [0.25, 0.3) is 0 Å². The smallest absolute Gasteiger partial charge is 0.188 e. The molecule has 9 heteroatoms. The van der Waals surface area contributed by atoms with E-state index < -0.39 is 6.10 Å². The average molecular weight is 372 g/mol. The number of anilines is 1. The minimum atomic E-state index is -0.535. The van der Waals surface area contributed by atoms with E-state index in [0.29, 0.717) is 49.2 Å². The first-order valence-corrected chi connectivity index (χ1v) is 8.90. The Morgan fingerprint density at radius 2 is 1.96 bits per heavy atom. The molecule has 2 N–H and O–H groups in total. The van der Waals surface area contributed by atoms with Crippen LogP contribution in [0.25, 0.3) is 17.0 Å². The molecule has 0 aliphatic carbocycles. The van der Waals surface area contributed by atoms with E-state index in [9.17, 15) is 9.50 Å². The number of aliphatic hydroxyl groups is 1. The van der Waals surface area contributed by atoms with E-state index in [2.05, 4.69) is 25.5 Å². The van der Waals surface area contributed by atoms with Gasteiger partial charge in [-0.3, -0.25) is 4.90 Å². The molecule has 27 heavy (non-hydrogen) atoms. The highest BCUT2D eigenvalue weighted by molar-refractivity contribution is 5.60. The summed E-state index contributed by atoms with van der Waals surface area (Å²) in [6, 6.07) is 9.89. The molecule has 0 amide bonds. The second kappa shape index (κ2) is 7.95. The third kappa shape index (κ3) is 4.05. The molecule has 8 nitrogen and oxygen atoms in total. The molecule has 1 aliphatic rings. The van der Waals surface area contributed by atoms with Gasteiger partial charge in [-0.05, 0) is 24.3 Å². The highest BCUT2D eigenvalue weighted by atomic mass is 19.1. The van der Waals surface area contributed by atoms with E-state index in [0.717, 1.165) is 13.1 Å². The van der Waals surface area contributed by atoms with Crippen molar-refractivity contribution in [2.24, 2.45) is 0 Å². The number of nitrogens with one attached hydrogen (secondary N) is 1. The Morgan fingerprint density at radius 1 is 1.15 bits per heavy atom. The molecule has 3 heterocycles. The number of hydrogen-bond donors (Lipinski definition) is 2. The van der Waals surface area contributed by atoms with Gasteiger partial charge in [-0.15, -0.1) is 15.3 Å². The number of morpholine rings is 1. The Morgan fingerprint density at radius 3 is 2.78 bits per heavy atom. The van der Waals surface area contributed by atoms with Crippen LogP contribution in [0.4, 0.5) is 10.2 Å². The second-order valence-electron chi connectivity index (χ2n) is 6.44. The number of benzene rings is 1. The Bertz CT molecular complexity index is 912. The van der Waals surface area contributed by atoms with Crippen LogP contribution in [0.5, 0.6) is 0 Å². The third-order valence-electron chi connectivity index (χ3n) is 4.47. The molecule has 0 spiro atoms. The van der Waals surface area contributed by atoms with Gasteiger partial charge in [-0.25, -0.2) is 4.39 Å². The van der Waals surface area contributed by atoms with Crippen molar-refractivity contribution in [2.75, 3.05) is 44.7 Å². The average Bonchev–Trinajstić information content (AvgIpc) is 3.11. The summed E-state index contributed by atoms with van der Waals surface area (Å²) in [5.41, 5.74) is 0.856. The summed E-state index contributed by atoms with van der Waals surface area (Å²) in [5.74, 6) is 0.509. The van der Waals surface area contributed by atoms with Crippen molar-refractivity contribution in [2.45, 2.75) is 6.10 Å². The fourth-order valence-electron chi connectivity index (χ4n) is 3.06. The van der Waals surface area contributed by atoms with E-state index in [4.69, 9.17) is 4.74 Å². The van der Waals surface area contributed by atoms with Gasteiger partial charge in [0.1, 0.15) is 11.6 Å². The third-order valence-corrected chi connectivity index (χ3v) is 4.47. The normalized spacial score (nSPS) is 16.5. The van der Waals surface area contributed by atoms with Crippen molar-refractivity contribution < 1.29 is 14.2 Å². The van der Waals surface area contributed by atoms with Gasteiger partial charge in [0.05, 0.1) is 24.9 Å². The lowest BCUT2D eigenvalue weighted by atomic mass is 10.2. The van der Waals surface area contributed by atoms with Crippen molar-refractivity contribution in [1.82, 2.24) is 24.7 Å². The largest absolute Gasteiger partial charge is 0.390 e. The van der Waals surface area contributed by atoms with Gasteiger partial charge >= 0.3 is 0 Å². The Labute approximate surface area is 155 Å². The molecule has 1 aliphatic heterocycles. The number of aromatic nitrogens is 4. The number of rotatable bonds is 6. The quantitative estimate of drug-likeness (QED) is 0.668. The van der Waals surface area contributed by atoms with Crippen molar-refractivity contribution in [1.29, 1.82) is 0 Å². The van der Waals surface area contributed by atoms with Gasteiger partial charge in [0, 0.05) is 26.2 Å². The van der Waals surface area contributed by atoms with Crippen molar-refractivity contribution in [3.05, 3.63) is 42.2 Å². The lowest BCUT2D eigenvalue weighted by Gasteiger charge is -2.28. The topological polar surface area (TPSA) is 87.8 Å². The monoisotopic (exact) mass is 372 g/mol. The van der Waals surface area contributed by atoms with Crippen LogP contribution >= 0.6 is 0 Å². The predicted octanol–water partition coefficient (Wildman–Crippen LogP) is 1.04. The molecule has 4 rings (SSSR count). The van der Waals surface area contributed by atoms with Gasteiger partial charge in [0.15, 0.2) is 11.5 Å². The minimum absolute atomic E-state index is 0.334. The Hall–Kier alpha value is -2.62. The fraction of sp³-hybridized carbons (Fsp3) is 0.389. The molecule has 0 saturated carbocycles. The van der Waals surface area contributed by atoms with Crippen LogP contribution in [-0.2, 0) is 4.74 Å². The summed E-state index contributed by atoms with van der Waals surface area (Å²) >= 11 is 0. The van der Waals surface area contributed by atoms with Crippen LogP contribution in [0.1, 0.15) is 0 Å². The van der Waals surface area contributed by atoms with E-state index >= 15 is 0 Å². The first kappa shape index (κ1) is 17.8. The summed E-state index contributed by atoms with van der Waals surface area (Å²) in [6.07, 6.45) is -0.535. The Kier molecular flexibility index (Phi) is 5.23.